The van der Waals surface area contributed by atoms with E-state index in [-0.39, 0.29) is 17.6 Å². The highest BCUT2D eigenvalue weighted by Crippen LogP contribution is 2.26. The number of furan rings is 1. The van der Waals surface area contributed by atoms with Crippen LogP contribution in [0, 0.1) is 0 Å². The first-order valence-corrected chi connectivity index (χ1v) is 8.21. The molecular formula is C15H14Br2N2O3. The topological polar surface area (TPSA) is 71.3 Å². The van der Waals surface area contributed by atoms with Crippen molar-refractivity contribution in [1.29, 1.82) is 0 Å². The number of amides is 2. The molecule has 2 aromatic rings. The number of halogens is 2. The Bertz CT molecular complexity index is 657. The largest absolute Gasteiger partial charge is 0.459 e. The number of benzene rings is 1. The lowest BCUT2D eigenvalue weighted by Crippen LogP contribution is -2.25. The lowest BCUT2D eigenvalue weighted by atomic mass is 10.2. The van der Waals surface area contributed by atoms with Crippen molar-refractivity contribution in [2.75, 3.05) is 11.9 Å². The molecule has 5 nitrogen and oxygen atoms in total. The molecule has 0 aliphatic rings. The van der Waals surface area contributed by atoms with Crippen LogP contribution in [-0.2, 0) is 4.79 Å². The predicted octanol–water partition coefficient (Wildman–Crippen LogP) is 3.95. The van der Waals surface area contributed by atoms with Gasteiger partial charge in [0.2, 0.25) is 5.91 Å². The van der Waals surface area contributed by atoms with Crippen LogP contribution in [0.15, 0.2) is 50.0 Å². The van der Waals surface area contributed by atoms with Crippen LogP contribution in [0.3, 0.4) is 0 Å². The van der Waals surface area contributed by atoms with E-state index in [1.807, 2.05) is 18.2 Å². The Kier molecular flexibility index (Phi) is 6.21. The molecule has 116 valence electrons. The quantitative estimate of drug-likeness (QED) is 0.682. The SMILES string of the molecule is O=C(CCCNC(=O)c1ccco1)Nc1cc(Br)ccc1Br. The first-order valence-electron chi connectivity index (χ1n) is 6.63. The third-order valence-electron chi connectivity index (χ3n) is 2.81. The maximum atomic E-state index is 11.9. The van der Waals surface area contributed by atoms with Crippen molar-refractivity contribution in [3.8, 4) is 0 Å². The summed E-state index contributed by atoms with van der Waals surface area (Å²) in [6.07, 6.45) is 2.31. The third-order valence-corrected chi connectivity index (χ3v) is 4.00. The average molecular weight is 430 g/mol. The Morgan fingerprint density at radius 1 is 1.18 bits per heavy atom. The number of nitrogens with one attached hydrogen (secondary N) is 2. The molecule has 7 heteroatoms. The van der Waals surface area contributed by atoms with Gasteiger partial charge in [-0.05, 0) is 52.7 Å². The second-order valence-electron chi connectivity index (χ2n) is 4.51. The minimum atomic E-state index is -0.278. The van der Waals surface area contributed by atoms with Crippen molar-refractivity contribution in [2.45, 2.75) is 12.8 Å². The van der Waals surface area contributed by atoms with Crippen LogP contribution in [0.5, 0.6) is 0 Å². The number of hydrogen-bond donors (Lipinski definition) is 2. The smallest absolute Gasteiger partial charge is 0.286 e. The van der Waals surface area contributed by atoms with Crippen LogP contribution in [0.1, 0.15) is 23.4 Å². The summed E-state index contributed by atoms with van der Waals surface area (Å²) in [6, 6.07) is 8.79. The molecule has 0 saturated heterocycles. The molecule has 2 amide bonds. The van der Waals surface area contributed by atoms with Gasteiger partial charge in [0.25, 0.3) is 5.91 Å². The number of carbonyl (C=O) groups is 2. The van der Waals surface area contributed by atoms with E-state index in [1.165, 1.54) is 6.26 Å². The van der Waals surface area contributed by atoms with Crippen molar-refractivity contribution >= 4 is 49.4 Å². The summed E-state index contributed by atoms with van der Waals surface area (Å²) >= 11 is 6.74. The fraction of sp³-hybridized carbons (Fsp3) is 0.200. The minimum absolute atomic E-state index is 0.106. The normalized spacial score (nSPS) is 10.3. The lowest BCUT2D eigenvalue weighted by molar-refractivity contribution is -0.116. The van der Waals surface area contributed by atoms with Crippen LogP contribution in [0.4, 0.5) is 5.69 Å². The standard InChI is InChI=1S/C15H14Br2N2O3/c16-10-5-6-11(17)12(9-10)19-14(20)4-1-7-18-15(21)13-3-2-8-22-13/h2-3,5-6,8-9H,1,4,7H2,(H,18,21)(H,19,20). The van der Waals surface area contributed by atoms with Crippen molar-refractivity contribution < 1.29 is 14.0 Å². The van der Waals surface area contributed by atoms with Crippen LogP contribution in [0.25, 0.3) is 0 Å². The molecule has 0 fully saturated rings. The molecule has 2 N–H and O–H groups in total. The van der Waals surface area contributed by atoms with Gasteiger partial charge in [-0.2, -0.15) is 0 Å². The molecule has 0 radical (unpaired) electrons. The number of hydrogen-bond acceptors (Lipinski definition) is 3. The van der Waals surface area contributed by atoms with E-state index in [0.29, 0.717) is 25.1 Å². The van der Waals surface area contributed by atoms with Gasteiger partial charge in [0.05, 0.1) is 12.0 Å². The summed E-state index contributed by atoms with van der Waals surface area (Å²) in [6.45, 7) is 0.409. The lowest BCUT2D eigenvalue weighted by Gasteiger charge is -2.08. The zero-order chi connectivity index (χ0) is 15.9. The molecule has 0 unspecified atom stereocenters. The molecular weight excluding hydrogens is 416 g/mol. The van der Waals surface area contributed by atoms with Gasteiger partial charge in [-0.3, -0.25) is 9.59 Å². The van der Waals surface area contributed by atoms with Gasteiger partial charge in [0.15, 0.2) is 5.76 Å². The Balaban J connectivity index is 1.72. The summed E-state index contributed by atoms with van der Waals surface area (Å²) in [5, 5.41) is 5.52. The highest BCUT2D eigenvalue weighted by molar-refractivity contribution is 9.11. The van der Waals surface area contributed by atoms with Crippen LogP contribution >= 0.6 is 31.9 Å². The highest BCUT2D eigenvalue weighted by Gasteiger charge is 2.09. The number of rotatable bonds is 6. The highest BCUT2D eigenvalue weighted by atomic mass is 79.9. The van der Waals surface area contributed by atoms with Gasteiger partial charge in [-0.25, -0.2) is 0 Å². The van der Waals surface area contributed by atoms with E-state index < -0.39 is 0 Å². The predicted molar refractivity (Wildman–Crippen MR) is 90.7 cm³/mol. The fourth-order valence-corrected chi connectivity index (χ4v) is 2.46. The van der Waals surface area contributed by atoms with Crippen molar-refractivity contribution in [2.24, 2.45) is 0 Å². The van der Waals surface area contributed by atoms with E-state index in [0.717, 1.165) is 8.95 Å². The van der Waals surface area contributed by atoms with Gasteiger partial charge < -0.3 is 15.1 Å². The van der Waals surface area contributed by atoms with Crippen LogP contribution in [0.2, 0.25) is 0 Å². The Morgan fingerprint density at radius 3 is 2.73 bits per heavy atom. The summed E-state index contributed by atoms with van der Waals surface area (Å²) < 4.78 is 6.68. The zero-order valence-corrected chi connectivity index (χ0v) is 14.7. The summed E-state index contributed by atoms with van der Waals surface area (Å²) in [5.41, 5.74) is 0.707. The molecule has 0 aliphatic carbocycles. The summed E-state index contributed by atoms with van der Waals surface area (Å²) in [4.78, 5) is 23.5. The van der Waals surface area contributed by atoms with E-state index in [9.17, 15) is 9.59 Å². The maximum Gasteiger partial charge on any atom is 0.286 e. The zero-order valence-electron chi connectivity index (χ0n) is 11.6. The number of carbonyl (C=O) groups excluding carboxylic acids is 2. The van der Waals surface area contributed by atoms with Gasteiger partial charge >= 0.3 is 0 Å². The molecule has 0 atom stereocenters. The minimum Gasteiger partial charge on any atom is -0.459 e. The Labute approximate surface area is 144 Å². The van der Waals surface area contributed by atoms with Crippen molar-refractivity contribution in [1.82, 2.24) is 5.32 Å². The monoisotopic (exact) mass is 428 g/mol. The third kappa shape index (κ3) is 4.99. The Hall–Kier alpha value is -1.60. The molecule has 0 aliphatic heterocycles. The first-order chi connectivity index (χ1) is 10.6. The van der Waals surface area contributed by atoms with Crippen LogP contribution < -0.4 is 10.6 Å². The summed E-state index contributed by atoms with van der Waals surface area (Å²) in [5.74, 6) is -0.117. The first kappa shape index (κ1) is 16.8. The fourth-order valence-electron chi connectivity index (χ4n) is 1.75. The maximum absolute atomic E-state index is 11.9. The molecule has 1 heterocycles. The second-order valence-corrected chi connectivity index (χ2v) is 6.28. The molecule has 2 rings (SSSR count). The van der Waals surface area contributed by atoms with Crippen LogP contribution in [-0.4, -0.2) is 18.4 Å². The molecule has 1 aromatic carbocycles. The van der Waals surface area contributed by atoms with E-state index in [1.54, 1.807) is 12.1 Å². The number of anilines is 1. The van der Waals surface area contributed by atoms with E-state index in [4.69, 9.17) is 4.42 Å². The van der Waals surface area contributed by atoms with Gasteiger partial charge in [-0.15, -0.1) is 0 Å². The molecule has 0 spiro atoms. The molecule has 0 saturated carbocycles. The van der Waals surface area contributed by atoms with Gasteiger partial charge in [0, 0.05) is 21.9 Å². The van der Waals surface area contributed by atoms with E-state index >= 15 is 0 Å². The van der Waals surface area contributed by atoms with Crippen molar-refractivity contribution in [3.63, 3.8) is 0 Å². The average Bonchev–Trinajstić information content (AvgIpc) is 3.01. The molecule has 1 aromatic heterocycles. The second kappa shape index (κ2) is 8.14. The van der Waals surface area contributed by atoms with Gasteiger partial charge in [0.1, 0.15) is 0 Å². The summed E-state index contributed by atoms with van der Waals surface area (Å²) in [7, 11) is 0. The molecule has 0 bridgehead atoms. The van der Waals surface area contributed by atoms with E-state index in [2.05, 4.69) is 42.5 Å². The molecule has 22 heavy (non-hydrogen) atoms. The van der Waals surface area contributed by atoms with Crippen molar-refractivity contribution in [3.05, 3.63) is 51.3 Å². The van der Waals surface area contributed by atoms with Gasteiger partial charge in [-0.1, -0.05) is 15.9 Å². The Morgan fingerprint density at radius 2 is 2.00 bits per heavy atom.